The van der Waals surface area contributed by atoms with Gasteiger partial charge in [0.2, 0.25) is 0 Å². The molecule has 1 aromatic carbocycles. The first-order chi connectivity index (χ1) is 11.3. The van der Waals surface area contributed by atoms with Gasteiger partial charge in [0.15, 0.2) is 0 Å². The number of aryl methyl sites for hydroxylation is 1. The van der Waals surface area contributed by atoms with Crippen LogP contribution in [0.3, 0.4) is 0 Å². The number of hydrogen-bond donors (Lipinski definition) is 0. The Morgan fingerprint density at radius 2 is 2.12 bits per heavy atom. The number of carbonyl (C=O) groups is 1. The number of anilines is 1. The average Bonchev–Trinajstić information content (AvgIpc) is 2.85. The lowest BCUT2D eigenvalue weighted by atomic mass is 10.1. The molecule has 0 bridgehead atoms. The summed E-state index contributed by atoms with van der Waals surface area (Å²) < 4.78 is 39.3. The van der Waals surface area contributed by atoms with E-state index in [1.807, 2.05) is 6.92 Å². The molecule has 0 N–H and O–H groups in total. The zero-order chi connectivity index (χ0) is 17.5. The van der Waals surface area contributed by atoms with Crippen LogP contribution in [0.15, 0.2) is 28.6 Å². The van der Waals surface area contributed by atoms with Crippen LogP contribution in [0.2, 0.25) is 0 Å². The first-order valence-corrected chi connectivity index (χ1v) is 9.13. The van der Waals surface area contributed by atoms with Crippen LogP contribution in [0, 0.1) is 6.92 Å². The molecule has 3 nitrogen and oxygen atoms in total. The minimum atomic E-state index is -4.44. The molecular formula is C16H15F3N2OS2. The van der Waals surface area contributed by atoms with Crippen molar-refractivity contribution in [1.82, 2.24) is 4.98 Å². The lowest BCUT2D eigenvalue weighted by Crippen LogP contribution is -2.32. The number of carbonyl (C=O) groups excluding carboxylic acids is 1. The highest BCUT2D eigenvalue weighted by Crippen LogP contribution is 2.41. The first kappa shape index (κ1) is 17.3. The number of hydrogen-bond acceptors (Lipinski definition) is 4. The lowest BCUT2D eigenvalue weighted by Gasteiger charge is -2.23. The molecule has 2 aromatic rings. The van der Waals surface area contributed by atoms with Gasteiger partial charge >= 0.3 is 6.18 Å². The maximum Gasteiger partial charge on any atom is 0.416 e. The minimum Gasteiger partial charge on any atom is -0.306 e. The van der Waals surface area contributed by atoms with Crippen molar-refractivity contribution < 1.29 is 18.0 Å². The quantitative estimate of drug-likeness (QED) is 0.706. The van der Waals surface area contributed by atoms with E-state index in [4.69, 9.17) is 0 Å². The van der Waals surface area contributed by atoms with Gasteiger partial charge in [0.25, 0.3) is 5.91 Å². The van der Waals surface area contributed by atoms with Gasteiger partial charge in [-0.3, -0.25) is 4.79 Å². The van der Waals surface area contributed by atoms with Crippen molar-refractivity contribution in [3.63, 3.8) is 0 Å². The Morgan fingerprint density at radius 1 is 1.38 bits per heavy atom. The van der Waals surface area contributed by atoms with Gasteiger partial charge < -0.3 is 4.90 Å². The van der Waals surface area contributed by atoms with Gasteiger partial charge in [-0.15, -0.1) is 23.1 Å². The molecule has 0 fully saturated rings. The van der Waals surface area contributed by atoms with Crippen molar-refractivity contribution in [2.75, 3.05) is 11.4 Å². The van der Waals surface area contributed by atoms with Crippen molar-refractivity contribution in [1.29, 1.82) is 0 Å². The Hall–Kier alpha value is -1.54. The standard InChI is InChI=1S/C16H15F3N2OS2/c1-9-5-6-21(15(22)14-10(2)20-8-23-14)12-7-11(16(17,18)19)3-4-13(12)24-9/h3-4,7-9H,5-6H2,1-2H3/t9-/m0/s1. The summed E-state index contributed by atoms with van der Waals surface area (Å²) in [6.45, 7) is 4.13. The molecule has 1 amide bonds. The molecule has 0 spiro atoms. The van der Waals surface area contributed by atoms with Crippen LogP contribution in [0.25, 0.3) is 0 Å². The third kappa shape index (κ3) is 3.30. The van der Waals surface area contributed by atoms with Crippen LogP contribution in [-0.4, -0.2) is 22.7 Å². The summed E-state index contributed by atoms with van der Waals surface area (Å²) >= 11 is 2.71. The summed E-state index contributed by atoms with van der Waals surface area (Å²) in [6.07, 6.45) is -3.73. The smallest absolute Gasteiger partial charge is 0.306 e. The second-order valence-corrected chi connectivity index (χ2v) is 7.96. The van der Waals surface area contributed by atoms with Gasteiger partial charge in [-0.05, 0) is 31.5 Å². The summed E-state index contributed by atoms with van der Waals surface area (Å²) in [5, 5.41) is 0.223. The van der Waals surface area contributed by atoms with Crippen molar-refractivity contribution in [2.24, 2.45) is 0 Å². The van der Waals surface area contributed by atoms with Crippen LogP contribution < -0.4 is 4.90 Å². The summed E-state index contributed by atoms with van der Waals surface area (Å²) in [6, 6.07) is 3.61. The summed E-state index contributed by atoms with van der Waals surface area (Å²) in [5.41, 5.74) is 1.76. The maximum atomic E-state index is 13.1. The summed E-state index contributed by atoms with van der Waals surface area (Å²) in [7, 11) is 0. The van der Waals surface area contributed by atoms with Gasteiger partial charge in [0.1, 0.15) is 4.88 Å². The van der Waals surface area contributed by atoms with Gasteiger partial charge in [-0.2, -0.15) is 13.2 Å². The van der Waals surface area contributed by atoms with Gasteiger partial charge in [0, 0.05) is 16.7 Å². The lowest BCUT2D eigenvalue weighted by molar-refractivity contribution is -0.137. The highest BCUT2D eigenvalue weighted by molar-refractivity contribution is 8.00. The molecule has 24 heavy (non-hydrogen) atoms. The molecule has 1 aromatic heterocycles. The van der Waals surface area contributed by atoms with Crippen LogP contribution in [-0.2, 0) is 6.18 Å². The highest BCUT2D eigenvalue weighted by Gasteiger charge is 2.34. The number of alkyl halides is 3. The number of aromatic nitrogens is 1. The fourth-order valence-electron chi connectivity index (χ4n) is 2.55. The second-order valence-electron chi connectivity index (χ2n) is 5.62. The van der Waals surface area contributed by atoms with Crippen LogP contribution in [0.5, 0.6) is 0 Å². The zero-order valence-electron chi connectivity index (χ0n) is 13.1. The highest BCUT2D eigenvalue weighted by atomic mass is 32.2. The third-order valence-electron chi connectivity index (χ3n) is 3.85. The predicted molar refractivity (Wildman–Crippen MR) is 89.9 cm³/mol. The van der Waals surface area contributed by atoms with E-state index in [0.29, 0.717) is 34.1 Å². The van der Waals surface area contributed by atoms with E-state index in [2.05, 4.69) is 4.98 Å². The normalized spacial score (nSPS) is 18.2. The van der Waals surface area contributed by atoms with Crippen molar-refractivity contribution in [3.8, 4) is 0 Å². The average molecular weight is 372 g/mol. The number of amides is 1. The maximum absolute atomic E-state index is 13.1. The van der Waals surface area contributed by atoms with E-state index in [1.54, 1.807) is 12.4 Å². The minimum absolute atomic E-state index is 0.223. The molecule has 1 atom stereocenters. The molecule has 0 aliphatic carbocycles. The number of fused-ring (bicyclic) bond motifs is 1. The Kier molecular flexibility index (Phi) is 4.61. The largest absolute Gasteiger partial charge is 0.416 e. The summed E-state index contributed by atoms with van der Waals surface area (Å²) in [4.78, 5) is 19.6. The summed E-state index contributed by atoms with van der Waals surface area (Å²) in [5.74, 6) is -0.287. The van der Waals surface area contributed by atoms with Crippen LogP contribution in [0.4, 0.5) is 18.9 Å². The van der Waals surface area contributed by atoms with Crippen LogP contribution in [0.1, 0.15) is 34.3 Å². The topological polar surface area (TPSA) is 33.2 Å². The SMILES string of the molecule is Cc1ncsc1C(=O)N1CC[C@H](C)Sc2ccc(C(F)(F)F)cc21. The Bertz CT molecular complexity index is 773. The van der Waals surface area contributed by atoms with E-state index in [0.717, 1.165) is 12.1 Å². The molecule has 0 saturated carbocycles. The second kappa shape index (κ2) is 6.40. The fraction of sp³-hybridized carbons (Fsp3) is 0.375. The van der Waals surface area contributed by atoms with E-state index < -0.39 is 11.7 Å². The molecular weight excluding hydrogens is 357 g/mol. The van der Waals surface area contributed by atoms with E-state index in [9.17, 15) is 18.0 Å². The van der Waals surface area contributed by atoms with Gasteiger partial charge in [0.05, 0.1) is 22.5 Å². The Labute approximate surface area is 145 Å². The predicted octanol–water partition coefficient (Wildman–Crippen LogP) is 5.00. The number of benzene rings is 1. The molecule has 1 aliphatic rings. The molecule has 2 heterocycles. The molecule has 8 heteroatoms. The van der Waals surface area contributed by atoms with E-state index in [-0.39, 0.29) is 11.2 Å². The van der Waals surface area contributed by atoms with Crippen molar-refractivity contribution >= 4 is 34.7 Å². The van der Waals surface area contributed by atoms with Gasteiger partial charge in [-0.25, -0.2) is 4.98 Å². The number of thioether (sulfide) groups is 1. The third-order valence-corrected chi connectivity index (χ3v) is 6.00. The number of thiazole rings is 1. The molecule has 1 aliphatic heterocycles. The number of nitrogens with zero attached hydrogens (tertiary/aromatic N) is 2. The zero-order valence-corrected chi connectivity index (χ0v) is 14.7. The monoisotopic (exact) mass is 372 g/mol. The molecule has 0 radical (unpaired) electrons. The fourth-order valence-corrected chi connectivity index (χ4v) is 4.40. The molecule has 3 rings (SSSR count). The Morgan fingerprint density at radius 3 is 2.75 bits per heavy atom. The Balaban J connectivity index is 2.08. The van der Waals surface area contributed by atoms with E-state index >= 15 is 0 Å². The van der Waals surface area contributed by atoms with Crippen LogP contribution >= 0.6 is 23.1 Å². The molecule has 0 saturated heterocycles. The van der Waals surface area contributed by atoms with Crippen molar-refractivity contribution in [3.05, 3.63) is 39.8 Å². The molecule has 128 valence electrons. The van der Waals surface area contributed by atoms with E-state index in [1.165, 1.54) is 34.1 Å². The number of rotatable bonds is 1. The molecule has 0 unspecified atom stereocenters. The first-order valence-electron chi connectivity index (χ1n) is 7.37. The number of halogens is 3. The van der Waals surface area contributed by atoms with Crippen molar-refractivity contribution in [2.45, 2.75) is 36.6 Å². The van der Waals surface area contributed by atoms with Gasteiger partial charge in [-0.1, -0.05) is 6.92 Å².